The van der Waals surface area contributed by atoms with Gasteiger partial charge in [0.1, 0.15) is 0 Å². The smallest absolute Gasteiger partial charge is 0.206 e. The van der Waals surface area contributed by atoms with Crippen LogP contribution in [0.5, 0.6) is 0 Å². The second-order valence-electron chi connectivity index (χ2n) is 6.03. The van der Waals surface area contributed by atoms with E-state index >= 15 is 0 Å². The summed E-state index contributed by atoms with van der Waals surface area (Å²) < 4.78 is 2.91. The first-order chi connectivity index (χ1) is 13.8. The van der Waals surface area contributed by atoms with Gasteiger partial charge < -0.3 is 0 Å². The van der Waals surface area contributed by atoms with E-state index in [1.54, 1.807) is 23.7 Å². The highest BCUT2D eigenvalue weighted by atomic mass is 79.9. The van der Waals surface area contributed by atoms with E-state index in [9.17, 15) is 0 Å². The van der Waals surface area contributed by atoms with Crippen LogP contribution >= 0.6 is 27.3 Å². The fourth-order valence-electron chi connectivity index (χ4n) is 2.68. The molecule has 0 N–H and O–H groups in total. The molecule has 28 heavy (non-hydrogen) atoms. The largest absolute Gasteiger partial charge is 0.255 e. The van der Waals surface area contributed by atoms with Crippen molar-refractivity contribution in [1.82, 2.24) is 9.66 Å². The van der Waals surface area contributed by atoms with Gasteiger partial charge in [0.05, 0.1) is 24.1 Å². The van der Waals surface area contributed by atoms with Crippen molar-refractivity contribution in [3.05, 3.63) is 105 Å². The Morgan fingerprint density at radius 2 is 1.86 bits per heavy atom. The van der Waals surface area contributed by atoms with Crippen molar-refractivity contribution in [2.75, 3.05) is 0 Å². The van der Waals surface area contributed by atoms with Gasteiger partial charge in [0.2, 0.25) is 4.80 Å². The Bertz CT molecular complexity index is 1150. The number of nitrogens with zero attached hydrogens (tertiary/aromatic N) is 4. The molecule has 0 unspecified atom stereocenters. The maximum Gasteiger partial charge on any atom is 0.206 e. The van der Waals surface area contributed by atoms with Crippen molar-refractivity contribution >= 4 is 33.5 Å². The van der Waals surface area contributed by atoms with E-state index < -0.39 is 0 Å². The molecule has 0 bridgehead atoms. The van der Waals surface area contributed by atoms with Crippen LogP contribution in [0.4, 0.5) is 0 Å². The molecule has 0 spiro atoms. The lowest BCUT2D eigenvalue weighted by molar-refractivity contribution is 0.823. The minimum Gasteiger partial charge on any atom is -0.255 e. The number of halogens is 1. The second-order valence-corrected chi connectivity index (χ2v) is 7.78. The van der Waals surface area contributed by atoms with Gasteiger partial charge in [-0.05, 0) is 29.8 Å². The van der Waals surface area contributed by atoms with Gasteiger partial charge in [-0.25, -0.2) is 4.68 Å². The number of hydrogen-bond donors (Lipinski definition) is 0. The summed E-state index contributed by atoms with van der Waals surface area (Å²) >= 11 is 5.13. The highest BCUT2D eigenvalue weighted by Crippen LogP contribution is 2.23. The average molecular weight is 449 g/mol. The minimum atomic E-state index is 0.610. The molecule has 0 saturated carbocycles. The molecule has 0 amide bonds. The Morgan fingerprint density at radius 1 is 1.00 bits per heavy atom. The van der Waals surface area contributed by atoms with E-state index in [0.29, 0.717) is 6.54 Å². The van der Waals surface area contributed by atoms with Crippen molar-refractivity contribution in [2.45, 2.75) is 6.54 Å². The monoisotopic (exact) mass is 448 g/mol. The van der Waals surface area contributed by atoms with E-state index in [4.69, 9.17) is 4.99 Å². The van der Waals surface area contributed by atoms with Crippen LogP contribution in [0.1, 0.15) is 11.3 Å². The van der Waals surface area contributed by atoms with Gasteiger partial charge in [-0.3, -0.25) is 9.98 Å². The fraction of sp³-hybridized carbons (Fsp3) is 0.0455. The lowest BCUT2D eigenvalue weighted by atomic mass is 10.2. The standard InChI is InChI=1S/C22H17BrN4S/c23-19-10-6-9-18(13-19)21-16-28-22(25-14-17-7-2-1-3-8-17)27(21)26-15-20-11-4-5-12-24-20/h1-13,15-16H,14H2. The Kier molecular flexibility index (Phi) is 5.89. The van der Waals surface area contributed by atoms with Crippen molar-refractivity contribution in [2.24, 2.45) is 10.1 Å². The van der Waals surface area contributed by atoms with Crippen molar-refractivity contribution < 1.29 is 0 Å². The normalized spacial score (nSPS) is 12.0. The minimum absolute atomic E-state index is 0.610. The number of benzene rings is 2. The van der Waals surface area contributed by atoms with Crippen LogP contribution in [0, 0.1) is 0 Å². The predicted octanol–water partition coefficient (Wildman–Crippen LogP) is 5.36. The molecular formula is C22H17BrN4S. The zero-order chi connectivity index (χ0) is 19.2. The molecule has 0 fully saturated rings. The molecule has 0 saturated heterocycles. The number of thiazole rings is 1. The van der Waals surface area contributed by atoms with Crippen LogP contribution < -0.4 is 4.80 Å². The molecular weight excluding hydrogens is 432 g/mol. The Hall–Kier alpha value is -2.83. The van der Waals surface area contributed by atoms with Crippen LogP contribution in [-0.4, -0.2) is 15.9 Å². The van der Waals surface area contributed by atoms with Crippen LogP contribution in [0.15, 0.2) is 98.9 Å². The van der Waals surface area contributed by atoms with Crippen molar-refractivity contribution in [3.63, 3.8) is 0 Å². The van der Waals surface area contributed by atoms with Crippen LogP contribution in [-0.2, 0) is 6.54 Å². The fourth-order valence-corrected chi connectivity index (χ4v) is 3.91. The zero-order valence-corrected chi connectivity index (χ0v) is 17.3. The van der Waals surface area contributed by atoms with Crippen LogP contribution in [0.3, 0.4) is 0 Å². The molecule has 2 aromatic carbocycles. The quantitative estimate of drug-likeness (QED) is 0.379. The zero-order valence-electron chi connectivity index (χ0n) is 14.9. The number of rotatable bonds is 5. The maximum atomic E-state index is 4.79. The highest BCUT2D eigenvalue weighted by molar-refractivity contribution is 9.10. The summed E-state index contributed by atoms with van der Waals surface area (Å²) in [6, 6.07) is 24.2. The Labute approximate surface area is 175 Å². The van der Waals surface area contributed by atoms with Crippen LogP contribution in [0.2, 0.25) is 0 Å². The first-order valence-corrected chi connectivity index (χ1v) is 10.4. The third-order valence-corrected chi connectivity index (χ3v) is 5.39. The molecule has 4 aromatic rings. The number of hydrogen-bond acceptors (Lipinski definition) is 4. The van der Waals surface area contributed by atoms with Gasteiger partial charge in [0.15, 0.2) is 0 Å². The predicted molar refractivity (Wildman–Crippen MR) is 118 cm³/mol. The second kappa shape index (κ2) is 8.91. The van der Waals surface area contributed by atoms with Gasteiger partial charge in [-0.2, -0.15) is 5.10 Å². The van der Waals surface area contributed by atoms with Gasteiger partial charge in [-0.15, -0.1) is 11.3 Å². The van der Waals surface area contributed by atoms with Gasteiger partial charge in [0, 0.05) is 21.6 Å². The molecule has 0 radical (unpaired) electrons. The van der Waals surface area contributed by atoms with Gasteiger partial charge in [-0.1, -0.05) is 64.5 Å². The SMILES string of the molecule is Brc1cccc(-c2csc(=NCc3ccccc3)n2N=Cc2ccccn2)c1. The summed E-state index contributed by atoms with van der Waals surface area (Å²) in [5, 5.41) is 6.77. The Balaban J connectivity index is 1.76. The molecule has 4 nitrogen and oxygen atoms in total. The van der Waals surface area contributed by atoms with E-state index in [1.165, 1.54) is 5.56 Å². The maximum absolute atomic E-state index is 4.79. The van der Waals surface area contributed by atoms with Crippen molar-refractivity contribution in [1.29, 1.82) is 0 Å². The molecule has 138 valence electrons. The first kappa shape index (κ1) is 18.5. The van der Waals surface area contributed by atoms with E-state index in [1.807, 2.05) is 53.2 Å². The lowest BCUT2D eigenvalue weighted by Crippen LogP contribution is -2.12. The third kappa shape index (κ3) is 4.52. The molecule has 2 heterocycles. The topological polar surface area (TPSA) is 42.5 Å². The lowest BCUT2D eigenvalue weighted by Gasteiger charge is -2.04. The summed E-state index contributed by atoms with van der Waals surface area (Å²) in [5.41, 5.74) is 4.03. The van der Waals surface area contributed by atoms with Crippen molar-refractivity contribution in [3.8, 4) is 11.3 Å². The number of pyridine rings is 1. The third-order valence-electron chi connectivity index (χ3n) is 4.04. The molecule has 0 aliphatic heterocycles. The molecule has 2 aromatic heterocycles. The Morgan fingerprint density at radius 3 is 2.64 bits per heavy atom. The molecule has 0 atom stereocenters. The van der Waals surface area contributed by atoms with Gasteiger partial charge >= 0.3 is 0 Å². The van der Waals surface area contributed by atoms with Gasteiger partial charge in [0.25, 0.3) is 0 Å². The number of aromatic nitrogens is 2. The molecule has 4 rings (SSSR count). The summed E-state index contributed by atoms with van der Waals surface area (Å²) in [7, 11) is 0. The van der Waals surface area contributed by atoms with Crippen LogP contribution in [0.25, 0.3) is 11.3 Å². The van der Waals surface area contributed by atoms with E-state index in [-0.39, 0.29) is 0 Å². The molecule has 6 heteroatoms. The average Bonchev–Trinajstić information content (AvgIpc) is 3.15. The highest BCUT2D eigenvalue weighted by Gasteiger charge is 2.08. The molecule has 0 aliphatic carbocycles. The van der Waals surface area contributed by atoms with E-state index in [2.05, 4.69) is 55.7 Å². The summed E-state index contributed by atoms with van der Waals surface area (Å²) in [4.78, 5) is 9.95. The molecule has 0 aliphatic rings. The summed E-state index contributed by atoms with van der Waals surface area (Å²) in [5.74, 6) is 0. The first-order valence-electron chi connectivity index (χ1n) is 8.76. The summed E-state index contributed by atoms with van der Waals surface area (Å²) in [6.07, 6.45) is 3.52. The summed E-state index contributed by atoms with van der Waals surface area (Å²) in [6.45, 7) is 0.610. The van der Waals surface area contributed by atoms with E-state index in [0.717, 1.165) is 26.2 Å².